The number of likely N-dealkylation sites (tertiary alicyclic amines) is 1. The number of likely N-dealkylation sites (N-methyl/N-ethyl adjacent to an activating group) is 2. The van der Waals surface area contributed by atoms with Gasteiger partial charge in [0.2, 0.25) is 5.91 Å². The summed E-state index contributed by atoms with van der Waals surface area (Å²) in [6, 6.07) is 12.4. The topological polar surface area (TPSA) is 135 Å². The third-order valence-electron chi connectivity index (χ3n) is 8.22. The smallest absolute Gasteiger partial charge is 0.271 e. The minimum atomic E-state index is -0.405. The highest BCUT2D eigenvalue weighted by molar-refractivity contribution is 6.03. The number of allylic oxidation sites excluding steroid dienone is 1. The van der Waals surface area contributed by atoms with Crippen molar-refractivity contribution in [2.75, 3.05) is 39.7 Å². The summed E-state index contributed by atoms with van der Waals surface area (Å²) in [6.07, 6.45) is 8.23. The first-order chi connectivity index (χ1) is 23.9. The van der Waals surface area contributed by atoms with E-state index in [1.165, 1.54) is 12.0 Å². The molecule has 2 amide bonds. The normalized spacial score (nSPS) is 14.8. The van der Waals surface area contributed by atoms with Gasteiger partial charge in [-0.25, -0.2) is 0 Å². The van der Waals surface area contributed by atoms with Crippen LogP contribution in [-0.2, 0) is 16.6 Å². The SMILES string of the molecule is C=C1CC(C=Nc2cc(OCCCC(=O)N/C(C)=C/N(C)C(=C)C(=O)Nc3ccc(-c4cc(C=O)n(C)c4)cc3)c(OC)cc2C=O)N(C)C1. The van der Waals surface area contributed by atoms with Gasteiger partial charge in [0.15, 0.2) is 24.1 Å². The van der Waals surface area contributed by atoms with E-state index in [1.807, 2.05) is 31.6 Å². The molecule has 12 nitrogen and oxygen atoms in total. The highest BCUT2D eigenvalue weighted by Crippen LogP contribution is 2.35. The van der Waals surface area contributed by atoms with E-state index in [0.717, 1.165) is 42.2 Å². The van der Waals surface area contributed by atoms with E-state index in [1.54, 1.807) is 62.1 Å². The quantitative estimate of drug-likeness (QED) is 0.0666. The molecule has 1 aliphatic rings. The largest absolute Gasteiger partial charge is 0.493 e. The van der Waals surface area contributed by atoms with Crippen molar-refractivity contribution in [2.45, 2.75) is 32.2 Å². The summed E-state index contributed by atoms with van der Waals surface area (Å²) in [7, 11) is 6.96. The number of anilines is 1. The fraction of sp³-hybridized carbons (Fsp3) is 0.289. The van der Waals surface area contributed by atoms with Crippen molar-refractivity contribution in [3.8, 4) is 22.6 Å². The molecule has 0 spiro atoms. The lowest BCUT2D eigenvalue weighted by atomic mass is 10.1. The van der Waals surface area contributed by atoms with Crippen LogP contribution in [0.1, 0.15) is 47.0 Å². The lowest BCUT2D eigenvalue weighted by Gasteiger charge is -2.18. The molecule has 1 unspecified atom stereocenters. The molecule has 12 heteroatoms. The number of hydrogen-bond acceptors (Lipinski definition) is 9. The molecule has 1 aliphatic heterocycles. The zero-order chi connectivity index (χ0) is 36.4. The van der Waals surface area contributed by atoms with Gasteiger partial charge in [-0.05, 0) is 56.6 Å². The van der Waals surface area contributed by atoms with Crippen LogP contribution in [0.2, 0.25) is 0 Å². The Kier molecular flexibility index (Phi) is 12.7. The van der Waals surface area contributed by atoms with Crippen LogP contribution in [0.4, 0.5) is 11.4 Å². The summed E-state index contributed by atoms with van der Waals surface area (Å²) in [5.74, 6) is 0.189. The second-order valence-corrected chi connectivity index (χ2v) is 12.2. The summed E-state index contributed by atoms with van der Waals surface area (Å²) < 4.78 is 13.1. The Morgan fingerprint density at radius 3 is 2.44 bits per heavy atom. The van der Waals surface area contributed by atoms with Crippen molar-refractivity contribution in [1.29, 1.82) is 0 Å². The number of nitrogens with one attached hydrogen (secondary N) is 2. The number of amides is 2. The molecule has 1 atom stereocenters. The number of aldehydes is 2. The molecule has 0 radical (unpaired) electrons. The van der Waals surface area contributed by atoms with E-state index >= 15 is 0 Å². The van der Waals surface area contributed by atoms with Crippen LogP contribution in [-0.4, -0.2) is 85.4 Å². The average Bonchev–Trinajstić information content (AvgIpc) is 3.64. The predicted octanol–water partition coefficient (Wildman–Crippen LogP) is 5.51. The number of aryl methyl sites for hydroxylation is 1. The van der Waals surface area contributed by atoms with Crippen molar-refractivity contribution in [3.63, 3.8) is 0 Å². The predicted molar refractivity (Wildman–Crippen MR) is 195 cm³/mol. The Hall–Kier alpha value is -5.75. The molecule has 50 heavy (non-hydrogen) atoms. The number of aliphatic imine (C=N–C) groups is 1. The first-order valence-electron chi connectivity index (χ1n) is 16.1. The van der Waals surface area contributed by atoms with Crippen LogP contribution in [0, 0.1) is 0 Å². The number of carbonyl (C=O) groups is 4. The van der Waals surface area contributed by atoms with Crippen molar-refractivity contribution in [3.05, 3.63) is 96.2 Å². The molecule has 0 saturated carbocycles. The van der Waals surface area contributed by atoms with Gasteiger partial charge in [-0.2, -0.15) is 0 Å². The van der Waals surface area contributed by atoms with Gasteiger partial charge in [-0.1, -0.05) is 30.9 Å². The number of methoxy groups -OCH3 is 1. The molecular formula is C38H44N6O6. The van der Waals surface area contributed by atoms with Crippen LogP contribution < -0.4 is 20.1 Å². The Morgan fingerprint density at radius 1 is 1.08 bits per heavy atom. The fourth-order valence-corrected chi connectivity index (χ4v) is 5.43. The molecule has 0 aliphatic carbocycles. The number of nitrogens with zero attached hydrogens (tertiary/aromatic N) is 4. The van der Waals surface area contributed by atoms with Gasteiger partial charge in [0.05, 0.1) is 30.8 Å². The van der Waals surface area contributed by atoms with Crippen LogP contribution in [0.25, 0.3) is 11.1 Å². The first-order valence-corrected chi connectivity index (χ1v) is 16.1. The van der Waals surface area contributed by atoms with Gasteiger partial charge in [-0.15, -0.1) is 0 Å². The summed E-state index contributed by atoms with van der Waals surface area (Å²) in [5.41, 5.74) is 5.64. The maximum Gasteiger partial charge on any atom is 0.271 e. The van der Waals surface area contributed by atoms with Crippen LogP contribution in [0.3, 0.4) is 0 Å². The summed E-state index contributed by atoms with van der Waals surface area (Å²) >= 11 is 0. The van der Waals surface area contributed by atoms with Crippen molar-refractivity contribution < 1.29 is 28.7 Å². The van der Waals surface area contributed by atoms with Gasteiger partial charge < -0.3 is 29.6 Å². The molecule has 3 aromatic rings. The highest BCUT2D eigenvalue weighted by atomic mass is 16.5. The fourth-order valence-electron chi connectivity index (χ4n) is 5.43. The lowest BCUT2D eigenvalue weighted by molar-refractivity contribution is -0.120. The van der Waals surface area contributed by atoms with Crippen molar-refractivity contribution in [2.24, 2.45) is 12.0 Å². The van der Waals surface area contributed by atoms with E-state index in [0.29, 0.717) is 46.2 Å². The molecule has 4 rings (SSSR count). The third kappa shape index (κ3) is 9.66. The zero-order valence-corrected chi connectivity index (χ0v) is 29.2. The number of ether oxygens (including phenoxy) is 2. The maximum absolute atomic E-state index is 12.9. The lowest BCUT2D eigenvalue weighted by Crippen LogP contribution is -2.27. The van der Waals surface area contributed by atoms with E-state index in [9.17, 15) is 19.2 Å². The summed E-state index contributed by atoms with van der Waals surface area (Å²) in [6.45, 7) is 10.7. The number of carbonyl (C=O) groups excluding carboxylic acids is 4. The van der Waals surface area contributed by atoms with Crippen molar-refractivity contribution >= 4 is 42.0 Å². The van der Waals surface area contributed by atoms with Gasteiger partial charge in [0, 0.05) is 80.3 Å². The van der Waals surface area contributed by atoms with Crippen LogP contribution in [0.5, 0.6) is 11.5 Å². The number of hydrogen-bond donors (Lipinski definition) is 2. The third-order valence-corrected chi connectivity index (χ3v) is 8.22. The maximum atomic E-state index is 12.9. The van der Waals surface area contributed by atoms with Gasteiger partial charge >= 0.3 is 0 Å². The standard InChI is InChI=1S/C38H44N6O6/c1-25-15-32(43(5)20-25)19-39-34-18-36(35(49-7)17-30(34)23-45)50-14-8-9-37(47)40-26(2)21-42(4)27(3)38(48)41-31-12-10-28(11-13-31)29-16-33(24-46)44(6)22-29/h10-13,16-19,21-24,32H,1,3,8-9,14-15,20H2,2,4-7H3,(H,40,47)(H,41,48)/b26-21+,39-19?. The van der Waals surface area contributed by atoms with Gasteiger partial charge in [0.1, 0.15) is 0 Å². The molecule has 1 fully saturated rings. The number of aromatic nitrogens is 1. The Morgan fingerprint density at radius 2 is 1.82 bits per heavy atom. The molecule has 2 heterocycles. The Bertz CT molecular complexity index is 1820. The second-order valence-electron chi connectivity index (χ2n) is 12.2. The molecule has 2 aromatic carbocycles. The van der Waals surface area contributed by atoms with Crippen LogP contribution in [0.15, 0.2) is 90.0 Å². The molecule has 262 valence electrons. The molecule has 2 N–H and O–H groups in total. The number of benzene rings is 2. The van der Waals surface area contributed by atoms with Gasteiger partial charge in [0.25, 0.3) is 5.91 Å². The first kappa shape index (κ1) is 37.1. The van der Waals surface area contributed by atoms with E-state index in [2.05, 4.69) is 33.7 Å². The Labute approximate surface area is 292 Å². The molecule has 1 aromatic heterocycles. The Balaban J connectivity index is 1.25. The van der Waals surface area contributed by atoms with Gasteiger partial charge in [-0.3, -0.25) is 29.1 Å². The second kappa shape index (κ2) is 17.1. The number of rotatable bonds is 16. The minimum absolute atomic E-state index is 0.101. The highest BCUT2D eigenvalue weighted by Gasteiger charge is 2.22. The minimum Gasteiger partial charge on any atom is -0.493 e. The monoisotopic (exact) mass is 680 g/mol. The van der Waals surface area contributed by atoms with E-state index in [-0.39, 0.29) is 30.7 Å². The van der Waals surface area contributed by atoms with E-state index < -0.39 is 5.91 Å². The summed E-state index contributed by atoms with van der Waals surface area (Å²) in [4.78, 5) is 56.6. The van der Waals surface area contributed by atoms with Crippen LogP contribution >= 0.6 is 0 Å². The zero-order valence-electron chi connectivity index (χ0n) is 29.2. The summed E-state index contributed by atoms with van der Waals surface area (Å²) in [5, 5.41) is 5.64. The van der Waals surface area contributed by atoms with E-state index in [4.69, 9.17) is 9.47 Å². The molecule has 0 bridgehead atoms. The average molecular weight is 681 g/mol. The molecular weight excluding hydrogens is 636 g/mol. The molecule has 1 saturated heterocycles. The van der Waals surface area contributed by atoms with Crippen molar-refractivity contribution in [1.82, 2.24) is 19.7 Å².